The van der Waals surface area contributed by atoms with E-state index < -0.39 is 0 Å². The van der Waals surface area contributed by atoms with Crippen LogP contribution in [0.15, 0.2) is 6.07 Å². The first kappa shape index (κ1) is 5.48. The molecule has 1 aliphatic carbocycles. The molecule has 0 fully saturated rings. The minimum absolute atomic E-state index is 1.30. The zero-order chi connectivity index (χ0) is 6.10. The average Bonchev–Trinajstić information content (AvgIpc) is 2.33. The fraction of sp³-hybridized carbons (Fsp3) is 0.500. The van der Waals surface area contributed by atoms with E-state index in [-0.39, 0.29) is 0 Å². The smallest absolute Gasteiger partial charge is 0.0448 e. The topological polar surface area (TPSA) is 0 Å². The second-order valence-electron chi connectivity index (χ2n) is 2.52. The molecule has 1 radical (unpaired) electrons. The second-order valence-corrected chi connectivity index (χ2v) is 3.45. The maximum atomic E-state index is 3.18. The van der Waals surface area contributed by atoms with Gasteiger partial charge in [-0.1, -0.05) is 0 Å². The molecule has 47 valence electrons. The molecular weight excluding hydrogens is 128 g/mol. The molecule has 0 saturated heterocycles. The highest BCUT2D eigenvalue weighted by molar-refractivity contribution is 7.09. The van der Waals surface area contributed by atoms with Crippen molar-refractivity contribution in [2.75, 3.05) is 0 Å². The summed E-state index contributed by atoms with van der Waals surface area (Å²) in [6.45, 7) is 0. The molecule has 1 aromatic heterocycles. The largest absolute Gasteiger partial charge is 0.139 e. The van der Waals surface area contributed by atoms with Gasteiger partial charge in [-0.3, -0.25) is 0 Å². The first-order chi connectivity index (χ1) is 4.47. The molecule has 0 aromatic carbocycles. The van der Waals surface area contributed by atoms with Gasteiger partial charge < -0.3 is 0 Å². The zero-order valence-electron chi connectivity index (χ0n) is 5.31. The van der Waals surface area contributed by atoms with Gasteiger partial charge in [-0.25, -0.2) is 0 Å². The van der Waals surface area contributed by atoms with Gasteiger partial charge in [0.1, 0.15) is 0 Å². The van der Waals surface area contributed by atoms with E-state index in [9.17, 15) is 0 Å². The molecule has 1 aliphatic rings. The van der Waals surface area contributed by atoms with E-state index in [1.165, 1.54) is 25.7 Å². The number of thiophene rings is 1. The van der Waals surface area contributed by atoms with Gasteiger partial charge >= 0.3 is 0 Å². The highest BCUT2D eigenvalue weighted by Gasteiger charge is 2.08. The van der Waals surface area contributed by atoms with Crippen molar-refractivity contribution in [3.8, 4) is 0 Å². The van der Waals surface area contributed by atoms with Crippen LogP contribution in [-0.2, 0) is 12.8 Å². The zero-order valence-corrected chi connectivity index (χ0v) is 6.13. The minimum atomic E-state index is 1.30. The van der Waals surface area contributed by atoms with Gasteiger partial charge in [0, 0.05) is 10.3 Å². The normalized spacial score (nSPS) is 17.3. The Hall–Kier alpha value is -0.300. The summed E-state index contributed by atoms with van der Waals surface area (Å²) < 4.78 is 0. The summed E-state index contributed by atoms with van der Waals surface area (Å²) in [7, 11) is 0. The Morgan fingerprint density at radius 1 is 1.33 bits per heavy atom. The van der Waals surface area contributed by atoms with E-state index in [2.05, 4.69) is 11.4 Å². The number of hydrogen-bond donors (Lipinski definition) is 0. The minimum Gasteiger partial charge on any atom is -0.139 e. The lowest BCUT2D eigenvalue weighted by Crippen LogP contribution is -1.96. The van der Waals surface area contributed by atoms with Crippen LogP contribution in [0.2, 0.25) is 0 Å². The van der Waals surface area contributed by atoms with Gasteiger partial charge in [-0.05, 0) is 37.3 Å². The predicted molar refractivity (Wildman–Crippen MR) is 39.8 cm³/mol. The van der Waals surface area contributed by atoms with Crippen LogP contribution in [0.25, 0.3) is 0 Å². The Morgan fingerprint density at radius 3 is 3.11 bits per heavy atom. The van der Waals surface area contributed by atoms with Crippen LogP contribution in [0, 0.1) is 5.38 Å². The summed E-state index contributed by atoms with van der Waals surface area (Å²) >= 11 is 1.80. The Labute approximate surface area is 59.5 Å². The van der Waals surface area contributed by atoms with Gasteiger partial charge in [0.05, 0.1) is 0 Å². The lowest BCUT2D eigenvalue weighted by Gasteiger charge is -2.08. The van der Waals surface area contributed by atoms with Gasteiger partial charge in [0.2, 0.25) is 0 Å². The summed E-state index contributed by atoms with van der Waals surface area (Å²) in [5.74, 6) is 0. The molecule has 0 aliphatic heterocycles. The number of aryl methyl sites for hydroxylation is 2. The molecule has 0 N–H and O–H groups in total. The summed E-state index contributed by atoms with van der Waals surface area (Å²) in [5.41, 5.74) is 1.56. The Morgan fingerprint density at radius 2 is 2.22 bits per heavy atom. The highest BCUT2D eigenvalue weighted by atomic mass is 32.1. The van der Waals surface area contributed by atoms with Crippen molar-refractivity contribution in [2.45, 2.75) is 25.7 Å². The van der Waals surface area contributed by atoms with E-state index >= 15 is 0 Å². The lowest BCUT2D eigenvalue weighted by atomic mass is 10.00. The predicted octanol–water partition coefficient (Wildman–Crippen LogP) is 2.43. The van der Waals surface area contributed by atoms with Crippen LogP contribution < -0.4 is 0 Å². The molecule has 2 rings (SSSR count). The molecule has 9 heavy (non-hydrogen) atoms. The fourth-order valence-corrected chi connectivity index (χ4v) is 2.22. The van der Waals surface area contributed by atoms with Crippen LogP contribution >= 0.6 is 11.3 Å². The SMILES string of the molecule is [c]1cc2c(s1)CCCC2. The van der Waals surface area contributed by atoms with Gasteiger partial charge in [-0.2, -0.15) is 0 Å². The van der Waals surface area contributed by atoms with Crippen LogP contribution in [0.3, 0.4) is 0 Å². The third-order valence-electron chi connectivity index (χ3n) is 1.87. The number of fused-ring (bicyclic) bond motifs is 1. The molecule has 0 nitrogen and oxygen atoms in total. The van der Waals surface area contributed by atoms with Crippen LogP contribution in [0.5, 0.6) is 0 Å². The lowest BCUT2D eigenvalue weighted by molar-refractivity contribution is 0.697. The monoisotopic (exact) mass is 137 g/mol. The Bertz CT molecular complexity index is 180. The van der Waals surface area contributed by atoms with Crippen molar-refractivity contribution < 1.29 is 0 Å². The van der Waals surface area contributed by atoms with Gasteiger partial charge in [0.25, 0.3) is 0 Å². The molecule has 1 heteroatoms. The van der Waals surface area contributed by atoms with Crippen LogP contribution in [0.4, 0.5) is 0 Å². The second kappa shape index (κ2) is 2.14. The molecule has 0 amide bonds. The third-order valence-corrected chi connectivity index (χ3v) is 2.82. The summed E-state index contributed by atoms with van der Waals surface area (Å²) in [6.07, 6.45) is 5.39. The molecule has 0 saturated carbocycles. The maximum Gasteiger partial charge on any atom is 0.0448 e. The fourth-order valence-electron chi connectivity index (χ4n) is 1.34. The van der Waals surface area contributed by atoms with Crippen molar-refractivity contribution >= 4 is 11.3 Å². The molecule has 1 heterocycles. The average molecular weight is 137 g/mol. The van der Waals surface area contributed by atoms with Crippen molar-refractivity contribution in [1.82, 2.24) is 0 Å². The van der Waals surface area contributed by atoms with Crippen LogP contribution in [0.1, 0.15) is 23.3 Å². The Balaban J connectivity index is 2.39. The standard InChI is InChI=1S/C8H9S/c1-2-4-8-7(3-1)5-6-9-8/h5H,1-4H2. The van der Waals surface area contributed by atoms with E-state index in [0.29, 0.717) is 0 Å². The van der Waals surface area contributed by atoms with E-state index in [1.54, 1.807) is 21.8 Å². The van der Waals surface area contributed by atoms with E-state index in [0.717, 1.165) is 0 Å². The highest BCUT2D eigenvalue weighted by Crippen LogP contribution is 2.24. The maximum absolute atomic E-state index is 3.18. The number of hydrogen-bond acceptors (Lipinski definition) is 1. The summed E-state index contributed by atoms with van der Waals surface area (Å²) in [5, 5.41) is 3.18. The van der Waals surface area contributed by atoms with Crippen molar-refractivity contribution in [1.29, 1.82) is 0 Å². The molecule has 0 bridgehead atoms. The first-order valence-electron chi connectivity index (χ1n) is 3.44. The molecule has 1 aromatic rings. The van der Waals surface area contributed by atoms with Crippen molar-refractivity contribution in [3.05, 3.63) is 21.9 Å². The molecule has 0 spiro atoms. The molecule has 0 atom stereocenters. The van der Waals surface area contributed by atoms with Crippen molar-refractivity contribution in [3.63, 3.8) is 0 Å². The summed E-state index contributed by atoms with van der Waals surface area (Å²) in [4.78, 5) is 1.58. The summed E-state index contributed by atoms with van der Waals surface area (Å²) in [6, 6.07) is 2.15. The number of rotatable bonds is 0. The van der Waals surface area contributed by atoms with E-state index in [4.69, 9.17) is 0 Å². The van der Waals surface area contributed by atoms with E-state index in [1.807, 2.05) is 0 Å². The van der Waals surface area contributed by atoms with Crippen LogP contribution in [-0.4, -0.2) is 0 Å². The third kappa shape index (κ3) is 0.897. The first-order valence-corrected chi connectivity index (χ1v) is 4.26. The molecule has 0 unspecified atom stereocenters. The van der Waals surface area contributed by atoms with Gasteiger partial charge in [-0.15, -0.1) is 11.3 Å². The molecular formula is C8H9S. The van der Waals surface area contributed by atoms with Gasteiger partial charge in [0.15, 0.2) is 0 Å². The quantitative estimate of drug-likeness (QED) is 0.515. The Kier molecular flexibility index (Phi) is 1.31. The van der Waals surface area contributed by atoms with Crippen molar-refractivity contribution in [2.24, 2.45) is 0 Å².